The Bertz CT molecular complexity index is 439. The van der Waals surface area contributed by atoms with E-state index >= 15 is 0 Å². The molecule has 0 aliphatic carbocycles. The van der Waals surface area contributed by atoms with E-state index < -0.39 is 10.0 Å². The summed E-state index contributed by atoms with van der Waals surface area (Å²) in [6.07, 6.45) is 1.80. The van der Waals surface area contributed by atoms with Gasteiger partial charge < -0.3 is 15.0 Å². The number of ether oxygens (including phenoxy) is 1. The van der Waals surface area contributed by atoms with Gasteiger partial charge in [0.05, 0.1) is 25.5 Å². The van der Waals surface area contributed by atoms with E-state index in [9.17, 15) is 13.2 Å². The molecule has 1 rings (SSSR count). The second kappa shape index (κ2) is 7.95. The lowest BCUT2D eigenvalue weighted by atomic mass is 10.3. The van der Waals surface area contributed by atoms with Gasteiger partial charge in [-0.05, 0) is 27.2 Å². The van der Waals surface area contributed by atoms with Crippen molar-refractivity contribution >= 4 is 16.1 Å². The lowest BCUT2D eigenvalue weighted by Crippen LogP contribution is -2.51. The zero-order valence-corrected chi connectivity index (χ0v) is 14.1. The molecule has 0 unspecified atom stereocenters. The van der Waals surface area contributed by atoms with Crippen LogP contribution in [0.25, 0.3) is 0 Å². The molecule has 0 spiro atoms. The fourth-order valence-electron chi connectivity index (χ4n) is 2.37. The molecule has 1 N–H and O–H groups in total. The van der Waals surface area contributed by atoms with Crippen LogP contribution >= 0.6 is 0 Å². The second-order valence-corrected chi connectivity index (χ2v) is 7.61. The third-order valence-electron chi connectivity index (χ3n) is 3.46. The lowest BCUT2D eigenvalue weighted by molar-refractivity contribution is 0.0190. The Kier molecular flexibility index (Phi) is 6.89. The van der Waals surface area contributed by atoms with Gasteiger partial charge in [0.25, 0.3) is 0 Å². The summed E-state index contributed by atoms with van der Waals surface area (Å²) < 4.78 is 29.9. The zero-order valence-electron chi connectivity index (χ0n) is 13.3. The van der Waals surface area contributed by atoms with Crippen molar-refractivity contribution in [1.29, 1.82) is 0 Å². The van der Waals surface area contributed by atoms with E-state index in [0.717, 1.165) is 0 Å². The monoisotopic (exact) mass is 321 g/mol. The van der Waals surface area contributed by atoms with E-state index in [1.165, 1.54) is 10.6 Å². The smallest absolute Gasteiger partial charge is 0.317 e. The quantitative estimate of drug-likeness (QED) is 0.722. The number of urea groups is 1. The van der Waals surface area contributed by atoms with Crippen molar-refractivity contribution in [3.63, 3.8) is 0 Å². The van der Waals surface area contributed by atoms with Gasteiger partial charge in [0.2, 0.25) is 10.0 Å². The first-order valence-electron chi connectivity index (χ1n) is 7.32. The van der Waals surface area contributed by atoms with Crippen molar-refractivity contribution in [3.05, 3.63) is 0 Å². The number of hydrogen-bond donors (Lipinski definition) is 1. The number of carbonyl (C=O) groups is 1. The molecule has 0 saturated carbocycles. The maximum Gasteiger partial charge on any atom is 0.317 e. The molecule has 0 bridgehead atoms. The van der Waals surface area contributed by atoms with Gasteiger partial charge in [-0.15, -0.1) is 0 Å². The molecule has 124 valence electrons. The molecule has 1 atom stereocenters. The number of carbonyl (C=O) groups excluding carboxylic acids is 1. The summed E-state index contributed by atoms with van der Waals surface area (Å²) in [6.45, 7) is 8.22. The predicted octanol–water partition coefficient (Wildman–Crippen LogP) is 0.477. The van der Waals surface area contributed by atoms with Crippen LogP contribution in [-0.4, -0.2) is 74.8 Å². The molecule has 2 amide bonds. The van der Waals surface area contributed by atoms with E-state index in [4.69, 9.17) is 4.74 Å². The second-order valence-electron chi connectivity index (χ2n) is 5.67. The number of nitrogens with one attached hydrogen (secondary N) is 1. The maximum absolute atomic E-state index is 12.0. The van der Waals surface area contributed by atoms with Crippen molar-refractivity contribution in [2.45, 2.75) is 39.3 Å². The zero-order chi connectivity index (χ0) is 16.0. The van der Waals surface area contributed by atoms with E-state index in [1.54, 1.807) is 4.90 Å². The summed E-state index contributed by atoms with van der Waals surface area (Å²) in [6, 6.07) is -0.113. The number of sulfonamides is 1. The van der Waals surface area contributed by atoms with Gasteiger partial charge in [-0.3, -0.25) is 0 Å². The molecule has 0 aromatic heterocycles. The largest absolute Gasteiger partial charge is 0.377 e. The van der Waals surface area contributed by atoms with Gasteiger partial charge in [0, 0.05) is 25.7 Å². The van der Waals surface area contributed by atoms with E-state index in [2.05, 4.69) is 5.32 Å². The Morgan fingerprint density at radius 1 is 1.48 bits per heavy atom. The number of morpholine rings is 1. The summed E-state index contributed by atoms with van der Waals surface area (Å²) in [5.41, 5.74) is 0. The SMILES string of the molecule is CC(C)N(CCCNC(=O)N1CCOC[C@@H]1C)S(C)(=O)=O. The first kappa shape index (κ1) is 18.2. The van der Waals surface area contributed by atoms with Crippen LogP contribution in [0.3, 0.4) is 0 Å². The summed E-state index contributed by atoms with van der Waals surface area (Å²) in [4.78, 5) is 13.8. The van der Waals surface area contributed by atoms with E-state index in [0.29, 0.717) is 39.3 Å². The Morgan fingerprint density at radius 3 is 2.67 bits per heavy atom. The molecule has 21 heavy (non-hydrogen) atoms. The molecule has 8 heteroatoms. The molecule has 0 aromatic rings. The average molecular weight is 321 g/mol. The van der Waals surface area contributed by atoms with Crippen LogP contribution < -0.4 is 5.32 Å². The third-order valence-corrected chi connectivity index (χ3v) is 4.92. The van der Waals surface area contributed by atoms with Crippen molar-refractivity contribution in [2.75, 3.05) is 39.1 Å². The van der Waals surface area contributed by atoms with Gasteiger partial charge in [0.15, 0.2) is 0 Å². The molecule has 1 aliphatic rings. The van der Waals surface area contributed by atoms with Crippen LogP contribution in [0.1, 0.15) is 27.2 Å². The summed E-state index contributed by atoms with van der Waals surface area (Å²) in [5.74, 6) is 0. The van der Waals surface area contributed by atoms with E-state index in [-0.39, 0.29) is 18.1 Å². The highest BCUT2D eigenvalue weighted by atomic mass is 32.2. The molecule has 0 aromatic carbocycles. The minimum atomic E-state index is -3.20. The fraction of sp³-hybridized carbons (Fsp3) is 0.923. The van der Waals surface area contributed by atoms with Crippen LogP contribution in [0, 0.1) is 0 Å². The van der Waals surface area contributed by atoms with Crippen molar-refractivity contribution in [1.82, 2.24) is 14.5 Å². The predicted molar refractivity (Wildman–Crippen MR) is 81.7 cm³/mol. The molecular weight excluding hydrogens is 294 g/mol. The molecule has 1 heterocycles. The lowest BCUT2D eigenvalue weighted by Gasteiger charge is -2.33. The molecule has 7 nitrogen and oxygen atoms in total. The first-order valence-corrected chi connectivity index (χ1v) is 9.17. The Labute approximate surface area is 127 Å². The van der Waals surface area contributed by atoms with Gasteiger partial charge in [-0.1, -0.05) is 0 Å². The normalized spacial score (nSPS) is 20.1. The Balaban J connectivity index is 2.34. The van der Waals surface area contributed by atoms with Crippen molar-refractivity contribution in [2.24, 2.45) is 0 Å². The summed E-state index contributed by atoms with van der Waals surface area (Å²) in [5, 5.41) is 2.84. The van der Waals surface area contributed by atoms with Crippen LogP contribution in [0.5, 0.6) is 0 Å². The third kappa shape index (κ3) is 5.80. The number of hydrogen-bond acceptors (Lipinski definition) is 4. The minimum Gasteiger partial charge on any atom is -0.377 e. The standard InChI is InChI=1S/C13H27N3O4S/c1-11(2)16(21(4,18)19)7-5-6-14-13(17)15-8-9-20-10-12(15)3/h11-12H,5-10H2,1-4H3,(H,14,17)/t12-/m0/s1. The highest BCUT2D eigenvalue weighted by Crippen LogP contribution is 2.07. The molecule has 1 fully saturated rings. The highest BCUT2D eigenvalue weighted by molar-refractivity contribution is 7.88. The van der Waals surface area contributed by atoms with Gasteiger partial charge >= 0.3 is 6.03 Å². The highest BCUT2D eigenvalue weighted by Gasteiger charge is 2.23. The molecule has 1 saturated heterocycles. The summed E-state index contributed by atoms with van der Waals surface area (Å²) >= 11 is 0. The van der Waals surface area contributed by atoms with Crippen molar-refractivity contribution in [3.8, 4) is 0 Å². The van der Waals surface area contributed by atoms with E-state index in [1.807, 2.05) is 20.8 Å². The van der Waals surface area contributed by atoms with Crippen LogP contribution in [0.15, 0.2) is 0 Å². The van der Waals surface area contributed by atoms with Crippen molar-refractivity contribution < 1.29 is 17.9 Å². The first-order chi connectivity index (χ1) is 9.73. The van der Waals surface area contributed by atoms with Gasteiger partial charge in [-0.2, -0.15) is 4.31 Å². The van der Waals surface area contributed by atoms with Gasteiger partial charge in [0.1, 0.15) is 0 Å². The maximum atomic E-state index is 12.0. The van der Waals surface area contributed by atoms with Gasteiger partial charge in [-0.25, -0.2) is 13.2 Å². The minimum absolute atomic E-state index is 0.0712. The topological polar surface area (TPSA) is 79.0 Å². The fourth-order valence-corrected chi connectivity index (χ4v) is 3.59. The number of nitrogens with zero attached hydrogens (tertiary/aromatic N) is 2. The average Bonchev–Trinajstić information content (AvgIpc) is 2.36. The number of amides is 2. The Morgan fingerprint density at radius 2 is 2.14 bits per heavy atom. The molecular formula is C13H27N3O4S. The Hall–Kier alpha value is -0.860. The number of rotatable bonds is 6. The molecule has 1 aliphatic heterocycles. The van der Waals surface area contributed by atoms with Crippen LogP contribution in [0.4, 0.5) is 4.79 Å². The van der Waals surface area contributed by atoms with Crippen LogP contribution in [-0.2, 0) is 14.8 Å². The van der Waals surface area contributed by atoms with Crippen LogP contribution in [0.2, 0.25) is 0 Å². The molecule has 0 radical (unpaired) electrons. The summed E-state index contributed by atoms with van der Waals surface area (Å²) in [7, 11) is -3.20.